The summed E-state index contributed by atoms with van der Waals surface area (Å²) in [5, 5.41) is 12.2. The van der Waals surface area contributed by atoms with Gasteiger partial charge in [0.05, 0.1) is 4.90 Å². The number of hydrogen-bond acceptors (Lipinski definition) is 7. The van der Waals surface area contributed by atoms with Crippen LogP contribution in [0.1, 0.15) is 23.2 Å². The van der Waals surface area contributed by atoms with E-state index in [0.29, 0.717) is 13.1 Å². The highest BCUT2D eigenvalue weighted by atomic mass is 32.2. The van der Waals surface area contributed by atoms with Crippen molar-refractivity contribution in [3.8, 4) is 11.5 Å². The molecule has 0 aromatic heterocycles. The predicted octanol–water partition coefficient (Wildman–Crippen LogP) is 2.87. The van der Waals surface area contributed by atoms with Crippen LogP contribution in [0.5, 0.6) is 11.5 Å². The number of phenols is 1. The number of anilines is 1. The second kappa shape index (κ2) is 9.67. The van der Waals surface area contributed by atoms with E-state index in [0.717, 1.165) is 49.2 Å². The molecule has 33 heavy (non-hydrogen) atoms. The van der Waals surface area contributed by atoms with Crippen LogP contribution >= 0.6 is 0 Å². The molecule has 0 radical (unpaired) electrons. The number of carbonyl (C=O) groups is 2. The maximum atomic E-state index is 12.6. The van der Waals surface area contributed by atoms with Gasteiger partial charge in [0.25, 0.3) is 5.91 Å². The Balaban J connectivity index is 1.60. The molecule has 0 saturated carbocycles. The van der Waals surface area contributed by atoms with E-state index in [-0.39, 0.29) is 10.6 Å². The summed E-state index contributed by atoms with van der Waals surface area (Å²) in [6, 6.07) is 7.46. The number of carbonyl (C=O) groups excluding carboxylic acids is 2. The Morgan fingerprint density at radius 3 is 2.30 bits per heavy atom. The number of halogens is 3. The molecule has 2 N–H and O–H groups in total. The van der Waals surface area contributed by atoms with Crippen molar-refractivity contribution in [2.75, 3.05) is 25.0 Å². The van der Waals surface area contributed by atoms with E-state index in [2.05, 4.69) is 10.1 Å². The summed E-state index contributed by atoms with van der Waals surface area (Å²) >= 11 is 0. The third-order valence-electron chi connectivity index (χ3n) is 4.60. The van der Waals surface area contributed by atoms with Gasteiger partial charge in [-0.05, 0) is 55.3 Å². The average molecular weight is 488 g/mol. The summed E-state index contributed by atoms with van der Waals surface area (Å²) in [4.78, 5) is 24.1. The van der Waals surface area contributed by atoms with Gasteiger partial charge in [-0.2, -0.15) is 4.31 Å². The molecule has 0 atom stereocenters. The number of ether oxygens (including phenoxy) is 2. The number of benzene rings is 2. The first-order valence-electron chi connectivity index (χ1n) is 9.62. The zero-order valence-corrected chi connectivity index (χ0v) is 17.8. The van der Waals surface area contributed by atoms with Crippen molar-refractivity contribution in [2.24, 2.45) is 0 Å². The fourth-order valence-electron chi connectivity index (χ4n) is 3.06. The monoisotopic (exact) mass is 488 g/mol. The van der Waals surface area contributed by atoms with E-state index < -0.39 is 51.9 Å². The quantitative estimate of drug-likeness (QED) is 0.575. The smallest absolute Gasteiger partial charge is 0.507 e. The number of nitrogens with zero attached hydrogens (tertiary/aromatic N) is 1. The van der Waals surface area contributed by atoms with Gasteiger partial charge in [0, 0.05) is 18.8 Å². The maximum absolute atomic E-state index is 12.6. The molecule has 0 unspecified atom stereocenters. The molecule has 1 saturated heterocycles. The van der Waals surface area contributed by atoms with Crippen molar-refractivity contribution in [1.82, 2.24) is 4.31 Å². The molecule has 1 fully saturated rings. The lowest BCUT2D eigenvalue weighted by molar-refractivity contribution is -0.274. The maximum Gasteiger partial charge on any atom is 0.573 e. The molecule has 0 bridgehead atoms. The lowest BCUT2D eigenvalue weighted by Crippen LogP contribution is -2.28. The van der Waals surface area contributed by atoms with Gasteiger partial charge >= 0.3 is 12.3 Å². The van der Waals surface area contributed by atoms with Gasteiger partial charge in [-0.3, -0.25) is 4.79 Å². The minimum atomic E-state index is -4.85. The van der Waals surface area contributed by atoms with Gasteiger partial charge in [-0.1, -0.05) is 0 Å². The standard InChI is InChI=1S/C20H19F3N2O7S/c21-20(22,23)32-14-5-3-13(4-6-14)24-18(27)12-31-19(28)16-11-15(7-8-17(16)26)33(29,30)25-9-1-2-10-25/h3-8,11,26H,1-2,9-10,12H2,(H,24,27). The second-order valence-corrected chi connectivity index (χ2v) is 8.92. The lowest BCUT2D eigenvalue weighted by atomic mass is 10.2. The first-order valence-corrected chi connectivity index (χ1v) is 11.1. The molecule has 0 spiro atoms. The Hall–Kier alpha value is -3.32. The number of phenolic OH excluding ortho intramolecular Hbond substituents is 1. The summed E-state index contributed by atoms with van der Waals surface area (Å²) in [6.45, 7) is -0.0822. The number of nitrogens with one attached hydrogen (secondary N) is 1. The summed E-state index contributed by atoms with van der Waals surface area (Å²) < 4.78 is 71.6. The summed E-state index contributed by atoms with van der Waals surface area (Å²) in [5.74, 6) is -2.95. The van der Waals surface area contributed by atoms with E-state index in [1.165, 1.54) is 10.4 Å². The Morgan fingerprint density at radius 1 is 1.06 bits per heavy atom. The van der Waals surface area contributed by atoms with E-state index in [1.807, 2.05) is 0 Å². The summed E-state index contributed by atoms with van der Waals surface area (Å²) in [7, 11) is -3.84. The molecule has 13 heteroatoms. The molecule has 2 aromatic rings. The van der Waals surface area contributed by atoms with Crippen LogP contribution in [0.4, 0.5) is 18.9 Å². The second-order valence-electron chi connectivity index (χ2n) is 6.99. The van der Waals surface area contributed by atoms with Crippen LogP contribution in [0.15, 0.2) is 47.4 Å². The van der Waals surface area contributed by atoms with Gasteiger partial charge < -0.3 is 19.9 Å². The predicted molar refractivity (Wildman–Crippen MR) is 108 cm³/mol. The number of hydrogen-bond donors (Lipinski definition) is 2. The molecule has 178 valence electrons. The normalized spacial score (nSPS) is 14.6. The number of esters is 1. The van der Waals surface area contributed by atoms with Gasteiger partial charge in [0.15, 0.2) is 6.61 Å². The van der Waals surface area contributed by atoms with Gasteiger partial charge in [-0.25, -0.2) is 13.2 Å². The Morgan fingerprint density at radius 2 is 1.70 bits per heavy atom. The zero-order chi connectivity index (χ0) is 24.2. The van der Waals surface area contributed by atoms with Crippen LogP contribution in [-0.4, -0.2) is 55.8 Å². The minimum Gasteiger partial charge on any atom is -0.507 e. The fraction of sp³-hybridized carbons (Fsp3) is 0.300. The van der Waals surface area contributed by atoms with E-state index >= 15 is 0 Å². The first-order chi connectivity index (χ1) is 15.5. The van der Waals surface area contributed by atoms with Crippen LogP contribution in [0.3, 0.4) is 0 Å². The van der Waals surface area contributed by atoms with E-state index in [4.69, 9.17) is 4.74 Å². The SMILES string of the molecule is O=C(COC(=O)c1cc(S(=O)(=O)N2CCCC2)ccc1O)Nc1ccc(OC(F)(F)F)cc1. The Labute approximate surface area is 186 Å². The molecule has 3 rings (SSSR count). The molecule has 2 aromatic carbocycles. The highest BCUT2D eigenvalue weighted by molar-refractivity contribution is 7.89. The van der Waals surface area contributed by atoms with Crippen molar-refractivity contribution in [1.29, 1.82) is 0 Å². The fourth-order valence-corrected chi connectivity index (χ4v) is 4.61. The van der Waals surface area contributed by atoms with Crippen molar-refractivity contribution < 1.29 is 45.8 Å². The highest BCUT2D eigenvalue weighted by Crippen LogP contribution is 2.27. The molecule has 0 aliphatic carbocycles. The van der Waals surface area contributed by atoms with Crippen LogP contribution in [0.2, 0.25) is 0 Å². The largest absolute Gasteiger partial charge is 0.573 e. The molecule has 9 nitrogen and oxygen atoms in total. The van der Waals surface area contributed by atoms with Gasteiger partial charge in [-0.15, -0.1) is 13.2 Å². The average Bonchev–Trinajstić information content (AvgIpc) is 3.28. The minimum absolute atomic E-state index is 0.118. The van der Waals surface area contributed by atoms with Crippen LogP contribution in [0, 0.1) is 0 Å². The zero-order valence-electron chi connectivity index (χ0n) is 17.0. The number of alkyl halides is 3. The van der Waals surface area contributed by atoms with Crippen LogP contribution in [0.25, 0.3) is 0 Å². The number of rotatable bonds is 7. The van der Waals surface area contributed by atoms with E-state index in [1.54, 1.807) is 0 Å². The van der Waals surface area contributed by atoms with Crippen LogP contribution < -0.4 is 10.1 Å². The molecule has 1 heterocycles. The first kappa shape index (κ1) is 24.3. The third-order valence-corrected chi connectivity index (χ3v) is 6.49. The number of aromatic hydroxyl groups is 1. The van der Waals surface area contributed by atoms with E-state index in [9.17, 15) is 36.3 Å². The van der Waals surface area contributed by atoms with Gasteiger partial charge in [0.1, 0.15) is 17.1 Å². The van der Waals surface area contributed by atoms with Gasteiger partial charge in [0.2, 0.25) is 10.0 Å². The summed E-state index contributed by atoms with van der Waals surface area (Å²) in [6.07, 6.45) is -3.41. The summed E-state index contributed by atoms with van der Waals surface area (Å²) in [5.41, 5.74) is -0.316. The number of amides is 1. The van der Waals surface area contributed by atoms with Crippen LogP contribution in [-0.2, 0) is 19.6 Å². The Kier molecular flexibility index (Phi) is 7.12. The number of sulfonamides is 1. The van der Waals surface area contributed by atoms with Crippen molar-refractivity contribution in [2.45, 2.75) is 24.1 Å². The molecule has 1 aliphatic heterocycles. The molecular weight excluding hydrogens is 469 g/mol. The Bertz CT molecular complexity index is 1130. The third kappa shape index (κ3) is 6.35. The van der Waals surface area contributed by atoms with Crippen molar-refractivity contribution >= 4 is 27.6 Å². The lowest BCUT2D eigenvalue weighted by Gasteiger charge is -2.16. The van der Waals surface area contributed by atoms with Crippen molar-refractivity contribution in [3.63, 3.8) is 0 Å². The molecular formula is C20H19F3N2O7S. The topological polar surface area (TPSA) is 122 Å². The van der Waals surface area contributed by atoms with Crippen molar-refractivity contribution in [3.05, 3.63) is 48.0 Å². The molecule has 1 aliphatic rings. The highest BCUT2D eigenvalue weighted by Gasteiger charge is 2.31. The molecule has 1 amide bonds.